The summed E-state index contributed by atoms with van der Waals surface area (Å²) in [5, 5.41) is 14.0. The van der Waals surface area contributed by atoms with Crippen molar-refractivity contribution in [3.8, 4) is 11.1 Å². The van der Waals surface area contributed by atoms with Gasteiger partial charge in [-0.25, -0.2) is 16.8 Å². The lowest BCUT2D eigenvalue weighted by Crippen LogP contribution is -2.32. The van der Waals surface area contributed by atoms with Crippen LogP contribution in [0.2, 0.25) is 0 Å². The molecule has 2 aromatic carbocycles. The Labute approximate surface area is 177 Å². The average molecular weight is 439 g/mol. The lowest BCUT2D eigenvalue weighted by Gasteiger charge is -2.32. The van der Waals surface area contributed by atoms with Crippen molar-refractivity contribution in [2.24, 2.45) is 5.92 Å². The average Bonchev–Trinajstić information content (AvgIpc) is 3.32. The molecule has 2 aromatic heterocycles. The van der Waals surface area contributed by atoms with Gasteiger partial charge in [-0.3, -0.25) is 9.48 Å². The molecule has 0 aliphatic heterocycles. The third-order valence-corrected chi connectivity index (χ3v) is 7.47. The Balaban J connectivity index is 1.59. The van der Waals surface area contributed by atoms with Crippen LogP contribution in [-0.4, -0.2) is 33.2 Å². The van der Waals surface area contributed by atoms with Gasteiger partial charge in [-0.2, -0.15) is 5.10 Å². The Morgan fingerprint density at radius 2 is 1.84 bits per heavy atom. The number of carboxylic acid groups (broad SMARTS) is 1. The number of fused-ring (bicyclic) bond motifs is 1. The summed E-state index contributed by atoms with van der Waals surface area (Å²) in [5.41, 5.74) is 1.52. The zero-order valence-electron chi connectivity index (χ0n) is 16.2. The molecule has 9 heteroatoms. The van der Waals surface area contributed by atoms with Crippen LogP contribution in [0.5, 0.6) is 0 Å². The largest absolute Gasteiger partial charge is 0.481 e. The highest BCUT2D eigenvalue weighted by molar-refractivity contribution is 7.90. The molecule has 0 bridgehead atoms. The minimum absolute atomic E-state index is 0.00584. The minimum Gasteiger partial charge on any atom is -0.481 e. The molecule has 1 saturated carbocycles. The third kappa shape index (κ3) is 3.21. The number of halogens is 1. The maximum atomic E-state index is 14.0. The molecule has 1 aliphatic carbocycles. The van der Waals surface area contributed by atoms with Gasteiger partial charge >= 0.3 is 5.97 Å². The van der Waals surface area contributed by atoms with E-state index in [-0.39, 0.29) is 22.4 Å². The highest BCUT2D eigenvalue weighted by Crippen LogP contribution is 2.39. The van der Waals surface area contributed by atoms with Crippen molar-refractivity contribution in [1.82, 2.24) is 13.8 Å². The van der Waals surface area contributed by atoms with E-state index in [1.165, 1.54) is 30.5 Å². The molecule has 5 rings (SSSR count). The van der Waals surface area contributed by atoms with Crippen LogP contribution < -0.4 is 0 Å². The lowest BCUT2D eigenvalue weighted by atomic mass is 9.80. The van der Waals surface area contributed by atoms with Gasteiger partial charge in [0, 0.05) is 28.9 Å². The van der Waals surface area contributed by atoms with Gasteiger partial charge in [0.2, 0.25) is 0 Å². The number of hydrogen-bond acceptors (Lipinski definition) is 4. The Bertz CT molecular complexity index is 1400. The molecule has 31 heavy (non-hydrogen) atoms. The normalized spacial score (nSPS) is 18.7. The van der Waals surface area contributed by atoms with Crippen LogP contribution in [0.3, 0.4) is 0 Å². The van der Waals surface area contributed by atoms with E-state index in [4.69, 9.17) is 5.11 Å². The molecule has 0 radical (unpaired) electrons. The Morgan fingerprint density at radius 1 is 1.10 bits per heavy atom. The van der Waals surface area contributed by atoms with E-state index in [1.54, 1.807) is 41.3 Å². The Kier molecular flexibility index (Phi) is 4.44. The molecule has 1 N–H and O–H groups in total. The van der Waals surface area contributed by atoms with Crippen LogP contribution in [0.25, 0.3) is 22.0 Å². The van der Waals surface area contributed by atoms with E-state index in [9.17, 15) is 17.6 Å². The molecule has 4 aromatic rings. The fourth-order valence-electron chi connectivity index (χ4n) is 3.99. The highest BCUT2D eigenvalue weighted by Gasteiger charge is 2.36. The van der Waals surface area contributed by atoms with Gasteiger partial charge in [0.15, 0.2) is 0 Å². The molecule has 158 valence electrons. The van der Waals surface area contributed by atoms with Crippen LogP contribution in [-0.2, 0) is 14.8 Å². The van der Waals surface area contributed by atoms with Crippen molar-refractivity contribution in [3.05, 3.63) is 72.9 Å². The second-order valence-electron chi connectivity index (χ2n) is 7.69. The summed E-state index contributed by atoms with van der Waals surface area (Å²) in [7, 11) is -3.93. The molecule has 0 amide bonds. The minimum atomic E-state index is -3.93. The van der Waals surface area contributed by atoms with Crippen molar-refractivity contribution >= 4 is 26.9 Å². The van der Waals surface area contributed by atoms with Gasteiger partial charge in [-0.15, -0.1) is 0 Å². The van der Waals surface area contributed by atoms with E-state index in [0.717, 1.165) is 3.97 Å². The first-order chi connectivity index (χ1) is 14.8. The maximum absolute atomic E-state index is 14.0. The number of aliphatic carboxylic acids is 1. The number of hydrogen-bond donors (Lipinski definition) is 1. The van der Waals surface area contributed by atoms with Crippen LogP contribution >= 0.6 is 0 Å². The number of rotatable bonds is 5. The summed E-state index contributed by atoms with van der Waals surface area (Å²) >= 11 is 0. The van der Waals surface area contributed by atoms with Gasteiger partial charge in [0.05, 0.1) is 28.6 Å². The molecule has 7 nitrogen and oxygen atoms in total. The third-order valence-electron chi connectivity index (χ3n) is 5.78. The van der Waals surface area contributed by atoms with Crippen LogP contribution in [0, 0.1) is 11.7 Å². The number of benzene rings is 2. The summed E-state index contributed by atoms with van der Waals surface area (Å²) < 4.78 is 43.3. The summed E-state index contributed by atoms with van der Waals surface area (Å²) in [5.74, 6) is -1.70. The fourth-order valence-corrected chi connectivity index (χ4v) is 5.37. The van der Waals surface area contributed by atoms with Gasteiger partial charge in [0.25, 0.3) is 10.0 Å². The van der Waals surface area contributed by atoms with Crippen LogP contribution in [0.4, 0.5) is 4.39 Å². The van der Waals surface area contributed by atoms with Gasteiger partial charge in [-0.05, 0) is 43.2 Å². The monoisotopic (exact) mass is 439 g/mol. The standard InChI is InChI=1S/C22H18FN3O4S/c23-16-6-7-19-20(15-11-24-25(12-15)17-8-14(9-17)22(27)28)13-26(21(19)10-16)31(29,30)18-4-2-1-3-5-18/h1-7,10-14,17H,8-9H2,(H,27,28). The van der Waals surface area contributed by atoms with E-state index >= 15 is 0 Å². The van der Waals surface area contributed by atoms with Gasteiger partial charge in [0.1, 0.15) is 5.82 Å². The summed E-state index contributed by atoms with van der Waals surface area (Å²) in [6, 6.07) is 12.0. The van der Waals surface area contributed by atoms with E-state index < -0.39 is 21.8 Å². The first-order valence-corrected chi connectivity index (χ1v) is 11.2. The van der Waals surface area contributed by atoms with Crippen LogP contribution in [0.1, 0.15) is 18.9 Å². The number of carboxylic acids is 1. The van der Waals surface area contributed by atoms with Crippen molar-refractivity contribution in [2.75, 3.05) is 0 Å². The maximum Gasteiger partial charge on any atom is 0.306 e. The fraction of sp³-hybridized carbons (Fsp3) is 0.182. The van der Waals surface area contributed by atoms with Gasteiger partial charge < -0.3 is 5.11 Å². The first kappa shape index (κ1) is 19.5. The molecule has 2 heterocycles. The predicted octanol–water partition coefficient (Wildman–Crippen LogP) is 3.92. The van der Waals surface area contributed by atoms with Crippen LogP contribution in [0.15, 0.2) is 72.0 Å². The first-order valence-electron chi connectivity index (χ1n) is 9.73. The zero-order valence-corrected chi connectivity index (χ0v) is 17.0. The molecular formula is C22H18FN3O4S. The lowest BCUT2D eigenvalue weighted by molar-refractivity contribution is -0.146. The topological polar surface area (TPSA) is 94.2 Å². The summed E-state index contributed by atoms with van der Waals surface area (Å²) in [4.78, 5) is 11.2. The van der Waals surface area contributed by atoms with Crippen molar-refractivity contribution in [1.29, 1.82) is 0 Å². The molecule has 1 aliphatic rings. The molecule has 0 atom stereocenters. The molecule has 0 saturated heterocycles. The second kappa shape index (κ2) is 7.05. The van der Waals surface area contributed by atoms with Crippen molar-refractivity contribution in [3.63, 3.8) is 0 Å². The number of carbonyl (C=O) groups is 1. The Morgan fingerprint density at radius 3 is 2.55 bits per heavy atom. The van der Waals surface area contributed by atoms with E-state index in [0.29, 0.717) is 29.4 Å². The van der Waals surface area contributed by atoms with E-state index in [1.807, 2.05) is 0 Å². The highest BCUT2D eigenvalue weighted by atomic mass is 32.2. The molecule has 0 spiro atoms. The van der Waals surface area contributed by atoms with E-state index in [2.05, 4.69) is 5.10 Å². The SMILES string of the molecule is O=C(O)C1CC(n2cc(-c3cn(S(=O)(=O)c4ccccc4)c4cc(F)ccc34)cn2)C1. The smallest absolute Gasteiger partial charge is 0.306 e. The predicted molar refractivity (Wildman–Crippen MR) is 112 cm³/mol. The van der Waals surface area contributed by atoms with Gasteiger partial charge in [-0.1, -0.05) is 18.2 Å². The number of nitrogens with zero attached hydrogens (tertiary/aromatic N) is 3. The molecular weight excluding hydrogens is 421 g/mol. The second-order valence-corrected chi connectivity index (χ2v) is 9.50. The quantitative estimate of drug-likeness (QED) is 0.509. The number of aromatic nitrogens is 3. The molecule has 0 unspecified atom stereocenters. The Hall–Kier alpha value is -3.46. The van der Waals surface area contributed by atoms with Crippen molar-refractivity contribution in [2.45, 2.75) is 23.8 Å². The molecule has 1 fully saturated rings. The summed E-state index contributed by atoms with van der Waals surface area (Å²) in [6.07, 6.45) is 5.89. The summed E-state index contributed by atoms with van der Waals surface area (Å²) in [6.45, 7) is 0. The zero-order chi connectivity index (χ0) is 21.8. The van der Waals surface area contributed by atoms with Crippen molar-refractivity contribution < 1.29 is 22.7 Å².